The van der Waals surface area contributed by atoms with Crippen molar-refractivity contribution in [3.63, 3.8) is 0 Å². The molecule has 2 heterocycles. The Morgan fingerprint density at radius 3 is 1.45 bits per heavy atom. The second-order valence-electron chi connectivity index (χ2n) is 13.8. The number of benzene rings is 9. The molecule has 0 amide bonds. The SMILES string of the molecule is c1cc(-c2ccc3c(ccc4ccccc43)c2)cc(-c2ccc3oc4c(-c5cccc(-c6ccc7c(ccc8ccccc87)c6)c5)ncnc4c3c2)c1. The van der Waals surface area contributed by atoms with Crippen LogP contribution in [0.1, 0.15) is 0 Å². The minimum Gasteiger partial charge on any atom is -0.452 e. The van der Waals surface area contributed by atoms with E-state index < -0.39 is 0 Å². The van der Waals surface area contributed by atoms with Crippen LogP contribution < -0.4 is 0 Å². The first-order valence-electron chi connectivity index (χ1n) is 18.0. The molecular weight excluding hydrogens is 645 g/mol. The van der Waals surface area contributed by atoms with E-state index in [-0.39, 0.29) is 0 Å². The van der Waals surface area contributed by atoms with E-state index in [1.165, 1.54) is 54.2 Å². The summed E-state index contributed by atoms with van der Waals surface area (Å²) in [6.07, 6.45) is 1.65. The van der Waals surface area contributed by atoms with E-state index in [0.29, 0.717) is 5.58 Å². The number of hydrogen-bond acceptors (Lipinski definition) is 3. The Kier molecular flexibility index (Phi) is 6.55. The fourth-order valence-electron chi connectivity index (χ4n) is 8.07. The quantitative estimate of drug-likeness (QED) is 0.174. The van der Waals surface area contributed by atoms with Crippen LogP contribution in [0, 0.1) is 0 Å². The van der Waals surface area contributed by atoms with Crippen molar-refractivity contribution in [1.29, 1.82) is 0 Å². The maximum Gasteiger partial charge on any atom is 0.180 e. The number of furan rings is 1. The van der Waals surface area contributed by atoms with E-state index in [1.807, 2.05) is 0 Å². The Balaban J connectivity index is 0.956. The highest BCUT2D eigenvalue weighted by Crippen LogP contribution is 2.38. The molecule has 3 heteroatoms. The molecule has 0 N–H and O–H groups in total. The van der Waals surface area contributed by atoms with Gasteiger partial charge in [0.25, 0.3) is 0 Å². The van der Waals surface area contributed by atoms with Crippen LogP contribution in [-0.4, -0.2) is 9.97 Å². The molecular formula is C50H30N2O. The first-order chi connectivity index (χ1) is 26.2. The van der Waals surface area contributed by atoms with Crippen molar-refractivity contribution in [2.45, 2.75) is 0 Å². The van der Waals surface area contributed by atoms with Gasteiger partial charge in [-0.15, -0.1) is 0 Å². The van der Waals surface area contributed by atoms with Crippen LogP contribution in [-0.2, 0) is 0 Å². The molecule has 0 unspecified atom stereocenters. The van der Waals surface area contributed by atoms with E-state index in [1.54, 1.807) is 6.33 Å². The second kappa shape index (κ2) is 11.7. The second-order valence-corrected chi connectivity index (χ2v) is 13.8. The number of hydrogen-bond donors (Lipinski definition) is 0. The summed E-state index contributed by atoms with van der Waals surface area (Å²) in [5.41, 5.74) is 11.0. The minimum atomic E-state index is 0.694. The van der Waals surface area contributed by atoms with Gasteiger partial charge in [-0.25, -0.2) is 9.97 Å². The summed E-state index contributed by atoms with van der Waals surface area (Å²) < 4.78 is 6.51. The summed E-state index contributed by atoms with van der Waals surface area (Å²) in [6.45, 7) is 0. The van der Waals surface area contributed by atoms with Crippen LogP contribution in [0.2, 0.25) is 0 Å². The Labute approximate surface area is 305 Å². The van der Waals surface area contributed by atoms with Gasteiger partial charge in [0, 0.05) is 10.9 Å². The Morgan fingerprint density at radius 1 is 0.321 bits per heavy atom. The topological polar surface area (TPSA) is 38.9 Å². The number of fused-ring (bicyclic) bond motifs is 9. The van der Waals surface area contributed by atoms with Crippen molar-refractivity contribution < 1.29 is 4.42 Å². The monoisotopic (exact) mass is 674 g/mol. The molecule has 11 rings (SSSR count). The summed E-state index contributed by atoms with van der Waals surface area (Å²) in [7, 11) is 0. The van der Waals surface area contributed by atoms with Gasteiger partial charge in [0.15, 0.2) is 5.58 Å². The van der Waals surface area contributed by atoms with Crippen LogP contribution in [0.4, 0.5) is 0 Å². The molecule has 11 aromatic rings. The largest absolute Gasteiger partial charge is 0.452 e. The van der Waals surface area contributed by atoms with Crippen molar-refractivity contribution in [3.8, 4) is 44.6 Å². The van der Waals surface area contributed by atoms with Gasteiger partial charge < -0.3 is 4.42 Å². The molecule has 0 aliphatic heterocycles. The Hall–Kier alpha value is -7.10. The molecule has 0 saturated heterocycles. The standard InChI is InChI=1S/C50H30N2O/c1-3-13-42-31(7-1)15-17-39-26-36(19-22-44(39)42)33-9-5-10-34(25-33)38-21-24-47-46(29-38)49-50(53-47)48(51-30-52-49)41-12-6-11-35(28-41)37-20-23-45-40(27-37)18-16-32-8-2-4-14-43(32)45/h1-30H. The van der Waals surface area contributed by atoms with E-state index in [4.69, 9.17) is 14.4 Å². The fraction of sp³-hybridized carbons (Fsp3) is 0. The average molecular weight is 675 g/mol. The molecule has 3 nitrogen and oxygen atoms in total. The van der Waals surface area contributed by atoms with Gasteiger partial charge in [-0.3, -0.25) is 0 Å². The molecule has 0 saturated carbocycles. The van der Waals surface area contributed by atoms with Crippen LogP contribution in [0.25, 0.3) is 110 Å². The highest BCUT2D eigenvalue weighted by molar-refractivity contribution is 6.10. The van der Waals surface area contributed by atoms with Gasteiger partial charge in [-0.1, -0.05) is 140 Å². The molecule has 9 aromatic carbocycles. The van der Waals surface area contributed by atoms with Crippen LogP contribution in [0.15, 0.2) is 187 Å². The van der Waals surface area contributed by atoms with Gasteiger partial charge >= 0.3 is 0 Å². The molecule has 0 atom stereocenters. The summed E-state index contributed by atoms with van der Waals surface area (Å²) >= 11 is 0. The van der Waals surface area contributed by atoms with Crippen molar-refractivity contribution in [2.24, 2.45) is 0 Å². The van der Waals surface area contributed by atoms with Crippen LogP contribution >= 0.6 is 0 Å². The summed E-state index contributed by atoms with van der Waals surface area (Å²) in [6, 6.07) is 63.1. The third-order valence-corrected chi connectivity index (χ3v) is 10.7. The molecule has 246 valence electrons. The lowest BCUT2D eigenvalue weighted by atomic mass is 9.95. The number of rotatable bonds is 4. The van der Waals surface area contributed by atoms with E-state index in [9.17, 15) is 0 Å². The molecule has 0 radical (unpaired) electrons. The summed E-state index contributed by atoms with van der Waals surface area (Å²) in [4.78, 5) is 9.49. The molecule has 0 aliphatic carbocycles. The zero-order chi connectivity index (χ0) is 34.9. The van der Waals surface area contributed by atoms with E-state index >= 15 is 0 Å². The van der Waals surface area contributed by atoms with Crippen molar-refractivity contribution in [2.75, 3.05) is 0 Å². The van der Waals surface area contributed by atoms with Crippen molar-refractivity contribution >= 4 is 65.2 Å². The first kappa shape index (κ1) is 29.6. The van der Waals surface area contributed by atoms with Crippen molar-refractivity contribution in [1.82, 2.24) is 9.97 Å². The average Bonchev–Trinajstić information content (AvgIpc) is 3.61. The minimum absolute atomic E-state index is 0.694. The predicted octanol–water partition coefficient (Wildman–Crippen LogP) is 13.7. The molecule has 0 aliphatic rings. The van der Waals surface area contributed by atoms with E-state index in [0.717, 1.165) is 50.0 Å². The third-order valence-electron chi connectivity index (χ3n) is 10.7. The molecule has 53 heavy (non-hydrogen) atoms. The van der Waals surface area contributed by atoms with Gasteiger partial charge in [-0.2, -0.15) is 0 Å². The lowest BCUT2D eigenvalue weighted by Gasteiger charge is -2.09. The maximum atomic E-state index is 6.51. The Morgan fingerprint density at radius 2 is 0.811 bits per heavy atom. The summed E-state index contributed by atoms with van der Waals surface area (Å²) in [5, 5.41) is 11.0. The molecule has 0 bridgehead atoms. The van der Waals surface area contributed by atoms with E-state index in [2.05, 4.69) is 176 Å². The zero-order valence-corrected chi connectivity index (χ0v) is 28.6. The Bertz CT molecular complexity index is 3250. The molecule has 0 spiro atoms. The zero-order valence-electron chi connectivity index (χ0n) is 28.6. The number of aromatic nitrogens is 2. The van der Waals surface area contributed by atoms with Crippen LogP contribution in [0.5, 0.6) is 0 Å². The van der Waals surface area contributed by atoms with Gasteiger partial charge in [0.1, 0.15) is 23.1 Å². The summed E-state index contributed by atoms with van der Waals surface area (Å²) in [5.74, 6) is 0. The van der Waals surface area contributed by atoms with Gasteiger partial charge in [-0.05, 0) is 113 Å². The number of nitrogens with zero attached hydrogens (tertiary/aromatic N) is 2. The highest BCUT2D eigenvalue weighted by atomic mass is 16.3. The third kappa shape index (κ3) is 4.90. The van der Waals surface area contributed by atoms with Crippen LogP contribution in [0.3, 0.4) is 0 Å². The van der Waals surface area contributed by atoms with Crippen molar-refractivity contribution in [3.05, 3.63) is 182 Å². The lowest BCUT2D eigenvalue weighted by Crippen LogP contribution is -1.88. The lowest BCUT2D eigenvalue weighted by molar-refractivity contribution is 0.667. The van der Waals surface area contributed by atoms with Gasteiger partial charge in [0.2, 0.25) is 0 Å². The predicted molar refractivity (Wildman–Crippen MR) is 221 cm³/mol. The molecule has 2 aromatic heterocycles. The highest BCUT2D eigenvalue weighted by Gasteiger charge is 2.17. The smallest absolute Gasteiger partial charge is 0.180 e. The first-order valence-corrected chi connectivity index (χ1v) is 18.0. The normalized spacial score (nSPS) is 11.8. The van der Waals surface area contributed by atoms with Gasteiger partial charge in [0.05, 0.1) is 0 Å². The molecule has 0 fully saturated rings. The maximum absolute atomic E-state index is 6.51. The fourth-order valence-corrected chi connectivity index (χ4v) is 8.07.